The van der Waals surface area contributed by atoms with Gasteiger partial charge in [0.25, 0.3) is 0 Å². The molecule has 0 aromatic heterocycles. The van der Waals surface area contributed by atoms with Gasteiger partial charge in [0.05, 0.1) is 0 Å². The Labute approximate surface area is 75.4 Å². The van der Waals surface area contributed by atoms with Gasteiger partial charge >= 0.3 is 75.0 Å². The summed E-state index contributed by atoms with van der Waals surface area (Å²) in [5, 5.41) is 0. The second-order valence-electron chi connectivity index (χ2n) is 5.01. The average Bonchev–Trinajstić information content (AvgIpc) is 1.86. The van der Waals surface area contributed by atoms with Gasteiger partial charge < -0.3 is 0 Å². The van der Waals surface area contributed by atoms with Crippen molar-refractivity contribution in [1.82, 2.24) is 0 Å². The molecule has 0 bridgehead atoms. The zero-order chi connectivity index (χ0) is 8.56. The molecule has 0 radical (unpaired) electrons. The van der Waals surface area contributed by atoms with Crippen molar-refractivity contribution < 1.29 is 0 Å². The van der Waals surface area contributed by atoms with E-state index >= 15 is 0 Å². The fourth-order valence-corrected chi connectivity index (χ4v) is 4.65. The van der Waals surface area contributed by atoms with E-state index in [-0.39, 0.29) is 0 Å². The molecule has 0 N–H and O–H groups in total. The van der Waals surface area contributed by atoms with Crippen LogP contribution >= 0.6 is 17.2 Å². The number of rotatable bonds is 1. The maximum absolute atomic E-state index is 6.60. The third-order valence-electron chi connectivity index (χ3n) is 2.81. The van der Waals surface area contributed by atoms with Gasteiger partial charge in [-0.15, -0.1) is 0 Å². The van der Waals surface area contributed by atoms with E-state index in [0.717, 1.165) is 5.66 Å². The van der Waals surface area contributed by atoms with E-state index in [1.54, 1.807) is 0 Å². The molecule has 1 aliphatic rings. The Morgan fingerprint density at radius 2 is 1.45 bits per heavy atom. The molecule has 0 amide bonds. The normalized spacial score (nSPS) is 26.0. The quantitative estimate of drug-likeness (QED) is 0.556. The van der Waals surface area contributed by atoms with E-state index in [1.807, 2.05) is 0 Å². The van der Waals surface area contributed by atoms with Crippen LogP contribution in [0.15, 0.2) is 0 Å². The summed E-state index contributed by atoms with van der Waals surface area (Å²) < 4.78 is 0. The Kier molecular flexibility index (Phi) is 2.58. The van der Waals surface area contributed by atoms with Crippen molar-refractivity contribution in [3.05, 3.63) is 0 Å². The second kappa shape index (κ2) is 2.89. The molecular weight excluding hydrogens is 175 g/mol. The molecule has 0 spiro atoms. The van der Waals surface area contributed by atoms with Crippen LogP contribution in [0.1, 0.15) is 32.1 Å². The molecule has 11 heavy (non-hydrogen) atoms. The van der Waals surface area contributed by atoms with Crippen LogP contribution < -0.4 is 0 Å². The summed E-state index contributed by atoms with van der Waals surface area (Å²) in [6.07, 6.45) is 7.01. The number of hydrogen-bond donors (Lipinski definition) is 0. The summed E-state index contributed by atoms with van der Waals surface area (Å²) in [4.78, 5) is 0. The third-order valence-corrected chi connectivity index (χ3v) is 6.62. The molecule has 0 unspecified atom stereocenters. The predicted molar refractivity (Wildman–Crippen MR) is 57.4 cm³/mol. The first-order valence-corrected chi connectivity index (χ1v) is 9.14. The van der Waals surface area contributed by atoms with Crippen molar-refractivity contribution in [2.75, 3.05) is 20.0 Å². The fraction of sp³-hybridized carbons (Fsp3) is 1.00. The molecular formula is C9H20ClP. The van der Waals surface area contributed by atoms with Crippen LogP contribution in [0, 0.1) is 0 Å². The van der Waals surface area contributed by atoms with Gasteiger partial charge in [-0.1, -0.05) is 0 Å². The molecule has 0 aromatic rings. The first kappa shape index (κ1) is 9.81. The topological polar surface area (TPSA) is 0 Å². The summed E-state index contributed by atoms with van der Waals surface area (Å²) in [7, 11) is 0. The summed E-state index contributed by atoms with van der Waals surface area (Å²) in [6, 6.07) is 0. The summed E-state index contributed by atoms with van der Waals surface area (Å²) in [5.74, 6) is -1.74. The van der Waals surface area contributed by atoms with E-state index in [0.29, 0.717) is 0 Å². The Morgan fingerprint density at radius 1 is 1.00 bits per heavy atom. The monoisotopic (exact) mass is 194 g/mol. The first-order chi connectivity index (χ1) is 4.86. The molecule has 2 heteroatoms. The van der Waals surface area contributed by atoms with Gasteiger partial charge in [0, 0.05) is 0 Å². The number of hydrogen-bond acceptors (Lipinski definition) is 0. The molecule has 0 atom stereocenters. The molecule has 0 heterocycles. The molecule has 68 valence electrons. The first-order valence-electron chi connectivity index (χ1n) is 4.59. The zero-order valence-corrected chi connectivity index (χ0v) is 9.59. The third kappa shape index (κ3) is 2.92. The predicted octanol–water partition coefficient (Wildman–Crippen LogP) is 3.92. The van der Waals surface area contributed by atoms with Gasteiger partial charge in [-0.05, 0) is 0 Å². The summed E-state index contributed by atoms with van der Waals surface area (Å²) >= 11 is 6.60. The summed E-state index contributed by atoms with van der Waals surface area (Å²) in [5.41, 5.74) is 0.844. The van der Waals surface area contributed by atoms with Crippen molar-refractivity contribution in [3.63, 3.8) is 0 Å². The van der Waals surface area contributed by atoms with Crippen LogP contribution in [-0.4, -0.2) is 25.7 Å². The Bertz CT molecular complexity index is 130. The van der Waals surface area contributed by atoms with Crippen LogP contribution in [0.3, 0.4) is 0 Å². The van der Waals surface area contributed by atoms with E-state index in [2.05, 4.69) is 20.0 Å². The molecule has 0 saturated heterocycles. The van der Waals surface area contributed by atoms with Gasteiger partial charge in [0.1, 0.15) is 0 Å². The standard InChI is InChI=1S/C9H20ClP/c1-11(2,3,10)9-7-5-4-6-8-9/h9H,4-8H2,1-3H3. The number of halogens is 1. The minimum atomic E-state index is -1.74. The van der Waals surface area contributed by atoms with E-state index in [1.165, 1.54) is 32.1 Å². The molecule has 0 aliphatic heterocycles. The van der Waals surface area contributed by atoms with Crippen molar-refractivity contribution in [3.8, 4) is 0 Å². The Hall–Kier alpha value is 0.720. The SMILES string of the molecule is CP(C)(C)(Cl)C1CCCCC1. The van der Waals surface area contributed by atoms with Crippen LogP contribution in [0.25, 0.3) is 0 Å². The van der Waals surface area contributed by atoms with Crippen LogP contribution in [0.4, 0.5) is 0 Å². The Morgan fingerprint density at radius 3 is 1.73 bits per heavy atom. The second-order valence-corrected chi connectivity index (χ2v) is 14.8. The average molecular weight is 195 g/mol. The van der Waals surface area contributed by atoms with Gasteiger partial charge in [0.2, 0.25) is 0 Å². The van der Waals surface area contributed by atoms with Gasteiger partial charge in [-0.3, -0.25) is 0 Å². The van der Waals surface area contributed by atoms with E-state index < -0.39 is 5.96 Å². The maximum atomic E-state index is 6.60. The van der Waals surface area contributed by atoms with Crippen molar-refractivity contribution in [2.24, 2.45) is 0 Å². The molecule has 0 nitrogen and oxygen atoms in total. The van der Waals surface area contributed by atoms with Gasteiger partial charge in [-0.25, -0.2) is 0 Å². The Balaban J connectivity index is 2.59. The van der Waals surface area contributed by atoms with Gasteiger partial charge in [-0.2, -0.15) is 0 Å². The van der Waals surface area contributed by atoms with Crippen molar-refractivity contribution >= 4 is 17.2 Å². The minimum absolute atomic E-state index is 0.844. The zero-order valence-electron chi connectivity index (χ0n) is 7.94. The van der Waals surface area contributed by atoms with Crippen LogP contribution in [0.5, 0.6) is 0 Å². The van der Waals surface area contributed by atoms with Crippen molar-refractivity contribution in [2.45, 2.75) is 37.8 Å². The van der Waals surface area contributed by atoms with E-state index in [4.69, 9.17) is 11.2 Å². The molecule has 1 saturated carbocycles. The summed E-state index contributed by atoms with van der Waals surface area (Å²) in [6.45, 7) is 6.88. The van der Waals surface area contributed by atoms with Crippen LogP contribution in [-0.2, 0) is 0 Å². The molecule has 1 aliphatic carbocycles. The van der Waals surface area contributed by atoms with Gasteiger partial charge in [0.15, 0.2) is 0 Å². The molecule has 1 fully saturated rings. The molecule has 1 rings (SSSR count). The van der Waals surface area contributed by atoms with E-state index in [9.17, 15) is 0 Å². The fourth-order valence-electron chi connectivity index (χ4n) is 1.95. The molecule has 0 aromatic carbocycles. The van der Waals surface area contributed by atoms with Crippen molar-refractivity contribution in [1.29, 1.82) is 0 Å². The van der Waals surface area contributed by atoms with Crippen LogP contribution in [0.2, 0.25) is 0 Å².